The first-order valence-electron chi connectivity index (χ1n) is 12.2. The summed E-state index contributed by atoms with van der Waals surface area (Å²) in [7, 11) is 0. The zero-order chi connectivity index (χ0) is 29.5. The number of rotatable bonds is 10. The molecule has 0 atom stereocenters. The number of aliphatic hydroxyl groups is 1. The Kier molecular flexibility index (Phi) is 22.7. The first-order chi connectivity index (χ1) is 18.6. The minimum Gasteiger partial charge on any atom is -0.508 e. The predicted molar refractivity (Wildman–Crippen MR) is 159 cm³/mol. The number of hydrogen-bond acceptors (Lipinski definition) is 9. The molecule has 0 heterocycles. The van der Waals surface area contributed by atoms with E-state index in [1.807, 2.05) is 6.92 Å². The van der Waals surface area contributed by atoms with Crippen LogP contribution in [0.3, 0.4) is 0 Å². The third-order valence-electron chi connectivity index (χ3n) is 4.98. The first-order valence-corrected chi connectivity index (χ1v) is 12.2. The van der Waals surface area contributed by atoms with Crippen molar-refractivity contribution in [3.63, 3.8) is 0 Å². The van der Waals surface area contributed by atoms with E-state index in [0.29, 0.717) is 43.5 Å². The number of ether oxygens (including phenoxy) is 2. The van der Waals surface area contributed by atoms with Gasteiger partial charge in [0, 0.05) is 40.7 Å². The summed E-state index contributed by atoms with van der Waals surface area (Å²) in [5.41, 5.74) is 17.4. The van der Waals surface area contributed by atoms with Gasteiger partial charge in [0.15, 0.2) is 0 Å². The van der Waals surface area contributed by atoms with Crippen molar-refractivity contribution in [2.75, 3.05) is 50.2 Å². The van der Waals surface area contributed by atoms with Crippen LogP contribution in [-0.2, 0) is 31.2 Å². The largest absolute Gasteiger partial charge is 4.00 e. The maximum Gasteiger partial charge on any atom is 4.00 e. The molecular formula is C30H43N3O6Ti+4. The molecule has 0 unspecified atom stereocenters. The molecule has 0 aliphatic rings. The van der Waals surface area contributed by atoms with Gasteiger partial charge >= 0.3 is 21.7 Å². The van der Waals surface area contributed by atoms with Crippen molar-refractivity contribution < 1.29 is 51.6 Å². The minimum absolute atomic E-state index is 0. The van der Waals surface area contributed by atoms with Crippen LogP contribution >= 0.6 is 0 Å². The molecule has 0 aromatic heterocycles. The molecule has 9 nitrogen and oxygen atoms in total. The molecule has 0 aliphatic heterocycles. The van der Waals surface area contributed by atoms with E-state index in [2.05, 4.69) is 13.2 Å². The predicted octanol–water partition coefficient (Wildman–Crippen LogP) is 4.70. The Morgan fingerprint density at radius 3 is 1.20 bits per heavy atom. The van der Waals surface area contributed by atoms with Crippen molar-refractivity contribution in [3.05, 3.63) is 98.1 Å². The Hall–Kier alpha value is -3.47. The summed E-state index contributed by atoms with van der Waals surface area (Å²) < 4.78 is 10.8. The third-order valence-corrected chi connectivity index (χ3v) is 4.98. The van der Waals surface area contributed by atoms with E-state index in [9.17, 15) is 5.11 Å². The summed E-state index contributed by atoms with van der Waals surface area (Å²) in [6.07, 6.45) is 4.21. The van der Waals surface area contributed by atoms with Gasteiger partial charge in [-0.15, -0.1) is 13.2 Å². The van der Waals surface area contributed by atoms with Crippen LogP contribution in [0.4, 0.5) is 17.1 Å². The van der Waals surface area contributed by atoms with Gasteiger partial charge in [0.1, 0.15) is 17.2 Å². The van der Waals surface area contributed by atoms with E-state index < -0.39 is 0 Å². The number of nitrogen functional groups attached to an aromatic ring is 3. The summed E-state index contributed by atoms with van der Waals surface area (Å²) in [4.78, 5) is 0. The van der Waals surface area contributed by atoms with Crippen molar-refractivity contribution in [3.8, 4) is 17.2 Å². The van der Waals surface area contributed by atoms with Crippen LogP contribution in [0.1, 0.15) is 13.3 Å². The second kappa shape index (κ2) is 23.4. The van der Waals surface area contributed by atoms with Gasteiger partial charge in [-0.2, -0.15) is 0 Å². The van der Waals surface area contributed by atoms with Crippen molar-refractivity contribution in [1.82, 2.24) is 0 Å². The maximum atomic E-state index is 9.36. The molecule has 3 rings (SSSR count). The number of nitrogens with two attached hydrogens (primary N) is 3. The van der Waals surface area contributed by atoms with Crippen LogP contribution in [0.2, 0.25) is 0 Å². The van der Waals surface area contributed by atoms with E-state index in [0.717, 1.165) is 6.42 Å². The molecule has 0 aliphatic carbocycles. The second-order valence-electron chi connectivity index (χ2n) is 8.40. The van der Waals surface area contributed by atoms with E-state index in [1.54, 1.807) is 66.7 Å². The van der Waals surface area contributed by atoms with E-state index in [1.165, 1.54) is 18.2 Å². The van der Waals surface area contributed by atoms with Crippen molar-refractivity contribution in [2.45, 2.75) is 13.3 Å². The number of phenolic OH excluding ortho intramolecular Hbond substituents is 3. The van der Waals surface area contributed by atoms with Crippen LogP contribution in [0.5, 0.6) is 17.2 Å². The molecule has 0 amide bonds. The minimum atomic E-state index is -0.300. The average molecular weight is 590 g/mol. The maximum absolute atomic E-state index is 9.36. The standard InChI is InChI=1S/C12H22O3.3C6H7NO.Ti/c1-4-7-14-10-12(6-3,9-13)11-15-8-5-2;3*7-5-2-1-3-6(8)4-5;/h4-5,13H,1-2,6-11H2,3H3;3*1-4,8H,7H2;/q;;;;+4. The van der Waals surface area contributed by atoms with E-state index in [-0.39, 0.29) is 51.0 Å². The molecule has 40 heavy (non-hydrogen) atoms. The molecule has 10 N–H and O–H groups in total. The van der Waals surface area contributed by atoms with Crippen molar-refractivity contribution in [1.29, 1.82) is 0 Å². The number of aromatic hydroxyl groups is 3. The van der Waals surface area contributed by atoms with Gasteiger partial charge in [0.25, 0.3) is 0 Å². The molecular weight excluding hydrogens is 546 g/mol. The molecule has 0 fully saturated rings. The van der Waals surface area contributed by atoms with Crippen LogP contribution in [0.25, 0.3) is 0 Å². The normalized spacial score (nSPS) is 9.65. The molecule has 0 radical (unpaired) electrons. The van der Waals surface area contributed by atoms with Gasteiger partial charge < -0.3 is 47.1 Å². The van der Waals surface area contributed by atoms with Gasteiger partial charge in [-0.25, -0.2) is 0 Å². The molecule has 0 saturated carbocycles. The zero-order valence-corrected chi connectivity index (χ0v) is 24.6. The van der Waals surface area contributed by atoms with Gasteiger partial charge in [-0.3, -0.25) is 0 Å². The zero-order valence-electron chi connectivity index (χ0n) is 23.1. The fourth-order valence-corrected chi connectivity index (χ4v) is 2.74. The number of anilines is 3. The SMILES string of the molecule is C=CCOCC(CC)(CO)COCC=C.Nc1cccc(O)c1.Nc1cccc(O)c1.Nc1cccc(O)c1.[Ti+4]. The third kappa shape index (κ3) is 19.6. The van der Waals surface area contributed by atoms with Crippen LogP contribution in [0.15, 0.2) is 98.1 Å². The van der Waals surface area contributed by atoms with Gasteiger partial charge in [-0.05, 0) is 42.8 Å². The smallest absolute Gasteiger partial charge is 0.508 e. The molecule has 3 aromatic carbocycles. The van der Waals surface area contributed by atoms with Crippen LogP contribution < -0.4 is 17.2 Å². The number of hydrogen-bond donors (Lipinski definition) is 7. The number of phenols is 3. The quantitative estimate of drug-likeness (QED) is 0.0764. The fraction of sp³-hybridized carbons (Fsp3) is 0.267. The van der Waals surface area contributed by atoms with Crippen LogP contribution in [-0.4, -0.2) is 53.5 Å². The number of benzene rings is 3. The monoisotopic (exact) mass is 589 g/mol. The molecule has 214 valence electrons. The summed E-state index contributed by atoms with van der Waals surface area (Å²) >= 11 is 0. The number of aliphatic hydroxyl groups excluding tert-OH is 1. The second-order valence-corrected chi connectivity index (χ2v) is 8.40. The fourth-order valence-electron chi connectivity index (χ4n) is 2.74. The Balaban J connectivity index is 0. The topological polar surface area (TPSA) is 177 Å². The summed E-state index contributed by atoms with van der Waals surface area (Å²) in [6, 6.07) is 19.5. The van der Waals surface area contributed by atoms with Crippen LogP contribution in [0, 0.1) is 5.41 Å². The Bertz CT molecular complexity index is 909. The molecule has 0 spiro atoms. The molecule has 0 bridgehead atoms. The van der Waals surface area contributed by atoms with Gasteiger partial charge in [0.05, 0.1) is 33.0 Å². The summed E-state index contributed by atoms with van der Waals surface area (Å²) in [5.74, 6) is 0.639. The molecule has 3 aromatic rings. The summed E-state index contributed by atoms with van der Waals surface area (Å²) in [6.45, 7) is 11.2. The Morgan fingerprint density at radius 2 is 1.02 bits per heavy atom. The Labute approximate surface area is 252 Å². The van der Waals surface area contributed by atoms with E-state index >= 15 is 0 Å². The Morgan fingerprint density at radius 1 is 0.700 bits per heavy atom. The first kappa shape index (κ1) is 38.7. The van der Waals surface area contributed by atoms with Gasteiger partial charge in [0.2, 0.25) is 0 Å². The van der Waals surface area contributed by atoms with Crippen molar-refractivity contribution >= 4 is 17.1 Å². The molecule has 10 heteroatoms. The van der Waals surface area contributed by atoms with E-state index in [4.69, 9.17) is 42.0 Å². The van der Waals surface area contributed by atoms with Gasteiger partial charge in [-0.1, -0.05) is 37.3 Å². The molecule has 0 saturated heterocycles. The van der Waals surface area contributed by atoms with Crippen molar-refractivity contribution in [2.24, 2.45) is 5.41 Å². The summed E-state index contributed by atoms with van der Waals surface area (Å²) in [5, 5.41) is 35.6. The average Bonchev–Trinajstić information content (AvgIpc) is 2.89.